The highest BCUT2D eigenvalue weighted by Crippen LogP contribution is 2.31. The molecule has 2 unspecified atom stereocenters. The number of fused-ring (bicyclic) bond motifs is 1. The quantitative estimate of drug-likeness (QED) is 0.337. The molecule has 1 aliphatic heterocycles. The van der Waals surface area contributed by atoms with Gasteiger partial charge in [0.25, 0.3) is 0 Å². The van der Waals surface area contributed by atoms with Gasteiger partial charge in [-0.25, -0.2) is 9.98 Å². The Bertz CT molecular complexity index is 1100. The molecule has 1 saturated heterocycles. The number of anilines is 2. The van der Waals surface area contributed by atoms with Crippen LogP contribution in [0.15, 0.2) is 29.4 Å². The molecule has 1 aromatic carbocycles. The third kappa shape index (κ3) is 3.93. The van der Waals surface area contributed by atoms with Crippen molar-refractivity contribution < 1.29 is 0 Å². The van der Waals surface area contributed by atoms with Crippen molar-refractivity contribution in [3.63, 3.8) is 0 Å². The molecule has 3 aromatic rings. The third-order valence-electron chi connectivity index (χ3n) is 5.28. The van der Waals surface area contributed by atoms with Crippen molar-refractivity contribution in [3.8, 4) is 0 Å². The van der Waals surface area contributed by atoms with Crippen LogP contribution in [0.3, 0.4) is 0 Å². The highest BCUT2D eigenvalue weighted by Gasteiger charge is 2.23. The lowest BCUT2D eigenvalue weighted by atomic mass is 10.1. The number of nitrogens with two attached hydrogens (primary N) is 2. The van der Waals surface area contributed by atoms with Crippen molar-refractivity contribution in [2.24, 2.45) is 17.8 Å². The van der Waals surface area contributed by atoms with Crippen molar-refractivity contribution in [1.82, 2.24) is 20.1 Å². The van der Waals surface area contributed by atoms with Gasteiger partial charge in [-0.2, -0.15) is 5.10 Å². The van der Waals surface area contributed by atoms with Crippen LogP contribution in [0.5, 0.6) is 0 Å². The number of benzene rings is 1. The SMILES string of the molecule is Cc1cc(N=C(N)c2c(N)cc(N3CC(C)NC(C)C3)cc2Cl)nc2cn(C)nc12. The Morgan fingerprint density at radius 3 is 2.60 bits per heavy atom. The monoisotopic (exact) mass is 426 g/mol. The zero-order valence-electron chi connectivity index (χ0n) is 17.6. The highest BCUT2D eigenvalue weighted by molar-refractivity contribution is 6.35. The first kappa shape index (κ1) is 20.4. The standard InChI is InChI=1S/C21H27ClN8/c1-11-5-18(26-17-10-29(4)28-20(11)17)27-21(24)19-15(22)6-14(7-16(19)23)30-8-12(2)25-13(3)9-30/h5-7,10,12-13,25H,8-9,23H2,1-4H3,(H2,24,26,27). The predicted octanol–water partition coefficient (Wildman–Crippen LogP) is 2.74. The van der Waals surface area contributed by atoms with Gasteiger partial charge in [-0.05, 0) is 44.5 Å². The van der Waals surface area contributed by atoms with Crippen LogP contribution in [0.2, 0.25) is 5.02 Å². The second kappa shape index (κ2) is 7.77. The smallest absolute Gasteiger partial charge is 0.155 e. The lowest BCUT2D eigenvalue weighted by Gasteiger charge is -2.38. The van der Waals surface area contributed by atoms with Crippen molar-refractivity contribution in [2.45, 2.75) is 32.9 Å². The van der Waals surface area contributed by atoms with E-state index in [0.717, 1.165) is 35.4 Å². The Hall–Kier alpha value is -2.84. The number of pyridine rings is 1. The van der Waals surface area contributed by atoms with Crippen molar-refractivity contribution >= 4 is 45.7 Å². The molecule has 30 heavy (non-hydrogen) atoms. The van der Waals surface area contributed by atoms with Gasteiger partial charge < -0.3 is 21.7 Å². The molecule has 0 bridgehead atoms. The Morgan fingerprint density at radius 2 is 1.93 bits per heavy atom. The lowest BCUT2D eigenvalue weighted by molar-refractivity contribution is 0.407. The molecule has 0 radical (unpaired) electrons. The van der Waals surface area contributed by atoms with Gasteiger partial charge in [0.1, 0.15) is 16.9 Å². The number of aryl methyl sites for hydroxylation is 2. The zero-order chi connectivity index (χ0) is 21.6. The van der Waals surface area contributed by atoms with E-state index in [-0.39, 0.29) is 5.84 Å². The van der Waals surface area contributed by atoms with Gasteiger partial charge in [-0.3, -0.25) is 4.68 Å². The van der Waals surface area contributed by atoms with Crippen LogP contribution in [-0.4, -0.2) is 45.8 Å². The van der Waals surface area contributed by atoms with Crippen LogP contribution in [-0.2, 0) is 7.05 Å². The molecule has 0 spiro atoms. The van der Waals surface area contributed by atoms with E-state index < -0.39 is 0 Å². The van der Waals surface area contributed by atoms with Gasteiger partial charge in [0.2, 0.25) is 0 Å². The van der Waals surface area contributed by atoms with Crippen molar-refractivity contribution in [1.29, 1.82) is 0 Å². The molecule has 2 aromatic heterocycles. The maximum absolute atomic E-state index is 6.60. The molecule has 158 valence electrons. The maximum atomic E-state index is 6.60. The van der Waals surface area contributed by atoms with E-state index >= 15 is 0 Å². The number of rotatable bonds is 3. The Balaban J connectivity index is 1.68. The minimum absolute atomic E-state index is 0.237. The van der Waals surface area contributed by atoms with Gasteiger partial charge in [0.05, 0.1) is 16.8 Å². The predicted molar refractivity (Wildman–Crippen MR) is 124 cm³/mol. The van der Waals surface area contributed by atoms with Crippen LogP contribution < -0.4 is 21.7 Å². The number of nitrogens with zero attached hydrogens (tertiary/aromatic N) is 5. The van der Waals surface area contributed by atoms with E-state index in [1.807, 2.05) is 38.4 Å². The molecular formula is C21H27ClN8. The number of hydrogen-bond donors (Lipinski definition) is 3. The number of nitrogens with one attached hydrogen (secondary N) is 1. The number of aromatic nitrogens is 3. The van der Waals surface area contributed by atoms with Gasteiger partial charge >= 0.3 is 0 Å². The molecule has 4 rings (SSSR count). The van der Waals surface area contributed by atoms with Crippen LogP contribution in [0, 0.1) is 6.92 Å². The summed E-state index contributed by atoms with van der Waals surface area (Å²) in [7, 11) is 1.86. The van der Waals surface area contributed by atoms with Crippen molar-refractivity contribution in [3.05, 3.63) is 40.5 Å². The van der Waals surface area contributed by atoms with E-state index in [1.54, 1.807) is 4.68 Å². The largest absolute Gasteiger partial charge is 0.398 e. The van der Waals surface area contributed by atoms with Gasteiger partial charge in [-0.15, -0.1) is 0 Å². The highest BCUT2D eigenvalue weighted by atomic mass is 35.5. The summed E-state index contributed by atoms with van der Waals surface area (Å²) in [6.07, 6.45) is 1.85. The molecule has 2 atom stereocenters. The summed E-state index contributed by atoms with van der Waals surface area (Å²) in [4.78, 5) is 11.3. The Morgan fingerprint density at radius 1 is 1.23 bits per heavy atom. The maximum Gasteiger partial charge on any atom is 0.155 e. The summed E-state index contributed by atoms with van der Waals surface area (Å²) in [5.41, 5.74) is 17.3. The number of aliphatic imine (C=N–C) groups is 1. The molecular weight excluding hydrogens is 400 g/mol. The molecule has 3 heterocycles. The number of halogens is 1. The van der Waals surface area contributed by atoms with Crippen LogP contribution >= 0.6 is 11.6 Å². The average molecular weight is 427 g/mol. The normalized spacial score (nSPS) is 20.2. The summed E-state index contributed by atoms with van der Waals surface area (Å²) < 4.78 is 1.73. The first-order valence-corrected chi connectivity index (χ1v) is 10.3. The van der Waals surface area contributed by atoms with E-state index in [0.29, 0.717) is 34.2 Å². The summed E-state index contributed by atoms with van der Waals surface area (Å²) >= 11 is 6.60. The fourth-order valence-electron chi connectivity index (χ4n) is 4.10. The average Bonchev–Trinajstić information content (AvgIpc) is 3.01. The van der Waals surface area contributed by atoms with Crippen LogP contribution in [0.4, 0.5) is 17.2 Å². The third-order valence-corrected chi connectivity index (χ3v) is 5.58. The number of nitrogen functional groups attached to an aromatic ring is 1. The number of amidine groups is 1. The van der Waals surface area contributed by atoms with Gasteiger partial charge in [0.15, 0.2) is 5.82 Å². The molecule has 0 amide bonds. The summed E-state index contributed by atoms with van der Waals surface area (Å²) in [6, 6.07) is 6.44. The molecule has 0 aliphatic carbocycles. The minimum atomic E-state index is 0.237. The second-order valence-electron chi connectivity index (χ2n) is 8.10. The summed E-state index contributed by atoms with van der Waals surface area (Å²) in [6.45, 7) is 8.08. The molecule has 9 heteroatoms. The van der Waals surface area contributed by atoms with Gasteiger partial charge in [-0.1, -0.05) is 11.6 Å². The number of piperazine rings is 1. The van der Waals surface area contributed by atoms with E-state index in [4.69, 9.17) is 23.1 Å². The molecule has 8 nitrogen and oxygen atoms in total. The van der Waals surface area contributed by atoms with E-state index in [9.17, 15) is 0 Å². The Kier molecular flexibility index (Phi) is 5.29. The summed E-state index contributed by atoms with van der Waals surface area (Å²) in [5.74, 6) is 0.732. The van der Waals surface area contributed by atoms with E-state index in [1.165, 1.54) is 0 Å². The second-order valence-corrected chi connectivity index (χ2v) is 8.50. The fraction of sp³-hybridized carbons (Fsp3) is 0.381. The molecule has 5 N–H and O–H groups in total. The molecule has 0 saturated carbocycles. The minimum Gasteiger partial charge on any atom is -0.398 e. The molecule has 1 fully saturated rings. The topological polar surface area (TPSA) is 110 Å². The van der Waals surface area contributed by atoms with Gasteiger partial charge in [0, 0.05) is 43.6 Å². The first-order valence-electron chi connectivity index (χ1n) is 9.97. The fourth-order valence-corrected chi connectivity index (χ4v) is 4.41. The zero-order valence-corrected chi connectivity index (χ0v) is 18.4. The molecule has 1 aliphatic rings. The number of hydrogen-bond acceptors (Lipinski definition) is 6. The first-order chi connectivity index (χ1) is 14.2. The summed E-state index contributed by atoms with van der Waals surface area (Å²) in [5, 5.41) is 8.41. The van der Waals surface area contributed by atoms with Crippen molar-refractivity contribution in [2.75, 3.05) is 23.7 Å². The van der Waals surface area contributed by atoms with Crippen LogP contribution in [0.1, 0.15) is 25.0 Å². The van der Waals surface area contributed by atoms with E-state index in [2.05, 4.69) is 39.1 Å². The van der Waals surface area contributed by atoms with Crippen LogP contribution in [0.25, 0.3) is 11.0 Å². The lowest BCUT2D eigenvalue weighted by Crippen LogP contribution is -2.54. The Labute approximate surface area is 180 Å².